The predicted molar refractivity (Wildman–Crippen MR) is 145 cm³/mol. The zero-order valence-corrected chi connectivity index (χ0v) is 21.9. The van der Waals surface area contributed by atoms with Crippen molar-refractivity contribution in [2.75, 3.05) is 31.0 Å². The first-order valence-corrected chi connectivity index (χ1v) is 11.9. The number of benzene rings is 3. The third-order valence-corrected chi connectivity index (χ3v) is 6.08. The lowest BCUT2D eigenvalue weighted by molar-refractivity contribution is -0.122. The molecule has 1 heterocycles. The number of hydrogen-bond acceptors (Lipinski definition) is 7. The molecule has 0 radical (unpaired) electrons. The molecule has 0 bridgehead atoms. The number of anilines is 2. The number of barbiturate groups is 1. The zero-order chi connectivity index (χ0) is 28.1. The first-order valence-electron chi connectivity index (χ1n) is 11.9. The Hall–Kier alpha value is -5.12. The van der Waals surface area contributed by atoms with E-state index in [0.29, 0.717) is 22.7 Å². The van der Waals surface area contributed by atoms with Crippen molar-refractivity contribution in [1.82, 2.24) is 5.32 Å². The van der Waals surface area contributed by atoms with Crippen molar-refractivity contribution in [3.63, 3.8) is 0 Å². The molecule has 1 aliphatic heterocycles. The molecule has 0 saturated carbocycles. The smallest absolute Gasteiger partial charge is 0.335 e. The number of ether oxygens (including phenoxy) is 3. The summed E-state index contributed by atoms with van der Waals surface area (Å²) in [5.74, 6) is -0.820. The van der Waals surface area contributed by atoms with Crippen LogP contribution in [0.5, 0.6) is 17.2 Å². The lowest BCUT2D eigenvalue weighted by Crippen LogP contribution is -2.54. The van der Waals surface area contributed by atoms with Gasteiger partial charge in [-0.05, 0) is 85.1 Å². The molecule has 0 unspecified atom stereocenters. The Morgan fingerprint density at radius 1 is 0.897 bits per heavy atom. The van der Waals surface area contributed by atoms with E-state index in [1.807, 2.05) is 32.0 Å². The topological polar surface area (TPSA) is 123 Å². The Balaban J connectivity index is 1.49. The molecule has 4 rings (SSSR count). The van der Waals surface area contributed by atoms with Crippen LogP contribution in [0.15, 0.2) is 66.2 Å². The Kier molecular flexibility index (Phi) is 7.95. The van der Waals surface area contributed by atoms with Crippen LogP contribution in [0, 0.1) is 13.8 Å². The molecule has 10 nitrogen and oxygen atoms in total. The summed E-state index contributed by atoms with van der Waals surface area (Å²) in [7, 11) is 2.93. The second-order valence-corrected chi connectivity index (χ2v) is 8.70. The van der Waals surface area contributed by atoms with Crippen LogP contribution in [0.1, 0.15) is 16.7 Å². The van der Waals surface area contributed by atoms with E-state index in [9.17, 15) is 19.2 Å². The van der Waals surface area contributed by atoms with Gasteiger partial charge in [0.1, 0.15) is 11.3 Å². The van der Waals surface area contributed by atoms with Gasteiger partial charge in [-0.15, -0.1) is 0 Å². The Morgan fingerprint density at radius 3 is 2.31 bits per heavy atom. The second-order valence-electron chi connectivity index (χ2n) is 8.70. The molecular formula is C29H27N3O7. The van der Waals surface area contributed by atoms with Gasteiger partial charge in [-0.1, -0.05) is 12.1 Å². The van der Waals surface area contributed by atoms with Crippen LogP contribution in [-0.2, 0) is 14.4 Å². The van der Waals surface area contributed by atoms with Crippen molar-refractivity contribution in [2.24, 2.45) is 0 Å². The Labute approximate surface area is 225 Å². The average molecular weight is 530 g/mol. The standard InChI is InChI=1S/C29H27N3O7/c1-17-5-7-20(13-18(17)2)30-26(33)16-39-24-12-6-19(15-25(24)38-4)14-23-27(34)31-29(36)32(28(23)35)21-8-10-22(37-3)11-9-21/h5-15H,16H2,1-4H3,(H,30,33)(H,31,34,36)/b23-14+. The summed E-state index contributed by atoms with van der Waals surface area (Å²) in [4.78, 5) is 51.3. The van der Waals surface area contributed by atoms with Crippen molar-refractivity contribution in [3.8, 4) is 17.2 Å². The molecule has 0 aromatic heterocycles. The Bertz CT molecular complexity index is 1480. The van der Waals surface area contributed by atoms with Crippen LogP contribution >= 0.6 is 0 Å². The van der Waals surface area contributed by atoms with Crippen LogP contribution in [0.2, 0.25) is 0 Å². The van der Waals surface area contributed by atoms with E-state index in [1.165, 1.54) is 32.4 Å². The van der Waals surface area contributed by atoms with Gasteiger partial charge in [-0.2, -0.15) is 0 Å². The van der Waals surface area contributed by atoms with Gasteiger partial charge < -0.3 is 19.5 Å². The van der Waals surface area contributed by atoms with Crippen molar-refractivity contribution in [1.29, 1.82) is 0 Å². The number of urea groups is 1. The maximum absolute atomic E-state index is 13.1. The fourth-order valence-electron chi connectivity index (χ4n) is 3.84. The fourth-order valence-corrected chi connectivity index (χ4v) is 3.84. The number of carbonyl (C=O) groups excluding carboxylic acids is 4. The minimum Gasteiger partial charge on any atom is -0.497 e. The number of imide groups is 2. The number of nitrogens with one attached hydrogen (secondary N) is 2. The normalized spacial score (nSPS) is 14.2. The number of hydrogen-bond donors (Lipinski definition) is 2. The molecule has 1 fully saturated rings. The summed E-state index contributed by atoms with van der Waals surface area (Å²) < 4.78 is 16.1. The highest BCUT2D eigenvalue weighted by atomic mass is 16.5. The molecule has 3 aromatic rings. The van der Waals surface area contributed by atoms with Gasteiger partial charge in [0, 0.05) is 5.69 Å². The van der Waals surface area contributed by atoms with Crippen molar-refractivity contribution >= 4 is 41.2 Å². The Morgan fingerprint density at radius 2 is 1.64 bits per heavy atom. The number of carbonyl (C=O) groups is 4. The van der Waals surface area contributed by atoms with Crippen molar-refractivity contribution in [2.45, 2.75) is 13.8 Å². The van der Waals surface area contributed by atoms with E-state index < -0.39 is 17.8 Å². The van der Waals surface area contributed by atoms with Crippen LogP contribution in [0.4, 0.5) is 16.2 Å². The summed E-state index contributed by atoms with van der Waals surface area (Å²) >= 11 is 0. The van der Waals surface area contributed by atoms with Gasteiger partial charge >= 0.3 is 6.03 Å². The largest absolute Gasteiger partial charge is 0.497 e. The molecule has 0 aliphatic carbocycles. The van der Waals surface area contributed by atoms with Gasteiger partial charge in [0.05, 0.1) is 19.9 Å². The molecule has 200 valence electrons. The van der Waals surface area contributed by atoms with E-state index in [1.54, 1.807) is 30.3 Å². The second kappa shape index (κ2) is 11.5. The lowest BCUT2D eigenvalue weighted by Gasteiger charge is -2.26. The zero-order valence-electron chi connectivity index (χ0n) is 21.9. The minimum absolute atomic E-state index is 0.242. The van der Waals surface area contributed by atoms with Crippen molar-refractivity contribution in [3.05, 3.63) is 82.9 Å². The maximum Gasteiger partial charge on any atom is 0.335 e. The number of nitrogens with zero attached hydrogens (tertiary/aromatic N) is 1. The SMILES string of the molecule is COc1ccc(N2C(=O)NC(=O)/C(=C\c3ccc(OCC(=O)Nc4ccc(C)c(C)c4)c(OC)c3)C2=O)cc1. The van der Waals surface area contributed by atoms with E-state index >= 15 is 0 Å². The number of amides is 5. The summed E-state index contributed by atoms with van der Waals surface area (Å²) in [5.41, 5.74) is 3.32. The molecule has 10 heteroatoms. The molecule has 0 atom stereocenters. The first kappa shape index (κ1) is 26.9. The molecule has 1 saturated heterocycles. The fraction of sp³-hybridized carbons (Fsp3) is 0.172. The molecular weight excluding hydrogens is 502 g/mol. The van der Waals surface area contributed by atoms with Gasteiger partial charge in [-0.3, -0.25) is 19.7 Å². The summed E-state index contributed by atoms with van der Waals surface area (Å²) in [6.45, 7) is 3.69. The van der Waals surface area contributed by atoms with Gasteiger partial charge in [0.25, 0.3) is 17.7 Å². The van der Waals surface area contributed by atoms with Crippen molar-refractivity contribution < 1.29 is 33.4 Å². The van der Waals surface area contributed by atoms with Crippen LogP contribution in [-0.4, -0.2) is 44.6 Å². The molecule has 5 amide bonds. The quantitative estimate of drug-likeness (QED) is 0.334. The van der Waals surface area contributed by atoms with Gasteiger partial charge in [-0.25, -0.2) is 9.69 Å². The van der Waals surface area contributed by atoms with Crippen LogP contribution in [0.3, 0.4) is 0 Å². The first-order chi connectivity index (χ1) is 18.7. The average Bonchev–Trinajstić information content (AvgIpc) is 2.92. The summed E-state index contributed by atoms with van der Waals surface area (Å²) in [6.07, 6.45) is 1.35. The van der Waals surface area contributed by atoms with Gasteiger partial charge in [0.15, 0.2) is 18.1 Å². The molecule has 1 aliphatic rings. The summed E-state index contributed by atoms with van der Waals surface area (Å²) in [5, 5.41) is 4.97. The highest BCUT2D eigenvalue weighted by Gasteiger charge is 2.36. The highest BCUT2D eigenvalue weighted by molar-refractivity contribution is 6.39. The number of aryl methyl sites for hydroxylation is 2. The van der Waals surface area contributed by atoms with Crippen LogP contribution in [0.25, 0.3) is 6.08 Å². The molecule has 3 aromatic carbocycles. The number of rotatable bonds is 8. The lowest BCUT2D eigenvalue weighted by atomic mass is 10.1. The minimum atomic E-state index is -0.854. The van der Waals surface area contributed by atoms with E-state index in [0.717, 1.165) is 16.0 Å². The monoisotopic (exact) mass is 529 g/mol. The van der Waals surface area contributed by atoms with Crippen LogP contribution < -0.4 is 29.7 Å². The summed E-state index contributed by atoms with van der Waals surface area (Å²) in [6, 6.07) is 15.7. The predicted octanol–water partition coefficient (Wildman–Crippen LogP) is 4.00. The molecule has 2 N–H and O–H groups in total. The van der Waals surface area contributed by atoms with E-state index in [-0.39, 0.29) is 29.5 Å². The molecule has 0 spiro atoms. The molecule has 39 heavy (non-hydrogen) atoms. The van der Waals surface area contributed by atoms with E-state index in [2.05, 4.69) is 10.6 Å². The van der Waals surface area contributed by atoms with Gasteiger partial charge in [0.2, 0.25) is 0 Å². The maximum atomic E-state index is 13.1. The third-order valence-electron chi connectivity index (χ3n) is 6.08. The highest BCUT2D eigenvalue weighted by Crippen LogP contribution is 2.30. The third kappa shape index (κ3) is 6.07. The van der Waals surface area contributed by atoms with E-state index in [4.69, 9.17) is 14.2 Å². The number of methoxy groups -OCH3 is 2.